The first-order chi connectivity index (χ1) is 13.9. The summed E-state index contributed by atoms with van der Waals surface area (Å²) in [4.78, 5) is 27.1. The van der Waals surface area contributed by atoms with Gasteiger partial charge in [-0.05, 0) is 37.1 Å². The normalized spacial score (nSPS) is 11.5. The molecular weight excluding hydrogens is 392 g/mol. The lowest BCUT2D eigenvalue weighted by molar-refractivity contribution is 0.0939. The zero-order valence-electron chi connectivity index (χ0n) is 16.2. The highest BCUT2D eigenvalue weighted by Crippen LogP contribution is 2.14. The largest absolute Gasteiger partial charge is 0.287 e. The van der Waals surface area contributed by atoms with Gasteiger partial charge in [0.15, 0.2) is 5.69 Å². The van der Waals surface area contributed by atoms with Crippen molar-refractivity contribution in [3.8, 4) is 0 Å². The maximum atomic E-state index is 12.6. The van der Waals surface area contributed by atoms with Crippen molar-refractivity contribution in [3.05, 3.63) is 70.1 Å². The molecule has 0 bridgehead atoms. The number of rotatable bonds is 7. The number of nitrogens with zero attached hydrogens (tertiary/aromatic N) is 2. The van der Waals surface area contributed by atoms with Crippen molar-refractivity contribution in [3.63, 3.8) is 0 Å². The summed E-state index contributed by atoms with van der Waals surface area (Å²) >= 11 is 0. The molecule has 1 heterocycles. The summed E-state index contributed by atoms with van der Waals surface area (Å²) < 4.78 is 26.1. The Morgan fingerprint density at radius 1 is 1.03 bits per heavy atom. The second kappa shape index (κ2) is 8.54. The maximum Gasteiger partial charge on any atom is 0.287 e. The molecule has 0 saturated carbocycles. The third-order valence-electron chi connectivity index (χ3n) is 4.45. The molecule has 1 aromatic heterocycles. The van der Waals surface area contributed by atoms with Crippen molar-refractivity contribution in [2.45, 2.75) is 38.1 Å². The topological polar surface area (TPSA) is 110 Å². The number of sulfonamides is 1. The minimum absolute atomic E-state index is 0.0361. The molecule has 9 heteroatoms. The number of fused-ring (bicyclic) bond motifs is 1. The molecule has 0 saturated heterocycles. The van der Waals surface area contributed by atoms with E-state index in [9.17, 15) is 18.0 Å². The number of amides is 1. The monoisotopic (exact) mass is 414 g/mol. The molecule has 2 N–H and O–H groups in total. The Hall–Kier alpha value is -3.04. The smallest absolute Gasteiger partial charge is 0.272 e. The summed E-state index contributed by atoms with van der Waals surface area (Å²) in [5, 5.41) is 4.77. The highest BCUT2D eigenvalue weighted by atomic mass is 32.2. The Morgan fingerprint density at radius 2 is 1.69 bits per heavy atom. The van der Waals surface area contributed by atoms with Crippen LogP contribution in [-0.2, 0) is 23.0 Å². The number of aromatic nitrogens is 2. The summed E-state index contributed by atoms with van der Waals surface area (Å²) in [6.07, 6.45) is 1.82. The molecule has 0 fully saturated rings. The van der Waals surface area contributed by atoms with Gasteiger partial charge in [0.05, 0.1) is 10.3 Å². The highest BCUT2D eigenvalue weighted by molar-refractivity contribution is 7.89. The number of aryl methyl sites for hydroxylation is 2. The standard InChI is InChI=1S/C20H22N4O4S/c1-3-7-14-10-12-15(13-11-14)29(27,28)23-21-19(25)18-16-8-5-6-9-17(16)20(26)24(4-2)22-18/h5-6,8-13,23H,3-4,7H2,1-2H3,(H,21,25). The second-order valence-electron chi connectivity index (χ2n) is 6.47. The first-order valence-corrected chi connectivity index (χ1v) is 10.8. The number of benzene rings is 2. The van der Waals surface area contributed by atoms with E-state index in [2.05, 4.69) is 15.4 Å². The minimum Gasteiger partial charge on any atom is -0.272 e. The number of carbonyl (C=O) groups is 1. The van der Waals surface area contributed by atoms with Crippen LogP contribution in [0.2, 0.25) is 0 Å². The van der Waals surface area contributed by atoms with Gasteiger partial charge in [-0.25, -0.2) is 13.1 Å². The highest BCUT2D eigenvalue weighted by Gasteiger charge is 2.19. The molecule has 0 aliphatic carbocycles. The number of nitrogens with one attached hydrogen (secondary N) is 2. The zero-order valence-corrected chi connectivity index (χ0v) is 17.0. The fourth-order valence-electron chi connectivity index (χ4n) is 2.97. The Labute approximate surface area is 168 Å². The molecule has 8 nitrogen and oxygen atoms in total. The quantitative estimate of drug-likeness (QED) is 0.575. The van der Waals surface area contributed by atoms with Gasteiger partial charge in [0, 0.05) is 11.9 Å². The van der Waals surface area contributed by atoms with Gasteiger partial charge in [-0.1, -0.05) is 43.7 Å². The molecule has 0 aliphatic rings. The van der Waals surface area contributed by atoms with Crippen LogP contribution in [0, 0.1) is 0 Å². The first kappa shape index (κ1) is 20.7. The average molecular weight is 414 g/mol. The number of hydrogen-bond acceptors (Lipinski definition) is 5. The summed E-state index contributed by atoms with van der Waals surface area (Å²) in [5.74, 6) is -0.755. The second-order valence-corrected chi connectivity index (χ2v) is 8.15. The molecule has 0 aliphatic heterocycles. The molecule has 0 atom stereocenters. The van der Waals surface area contributed by atoms with E-state index in [0.717, 1.165) is 23.1 Å². The lowest BCUT2D eigenvalue weighted by Gasteiger charge is -2.11. The van der Waals surface area contributed by atoms with Crippen LogP contribution in [-0.4, -0.2) is 24.1 Å². The summed E-state index contributed by atoms with van der Waals surface area (Å²) in [6.45, 7) is 4.05. The molecule has 3 aromatic rings. The van der Waals surface area contributed by atoms with E-state index in [-0.39, 0.29) is 22.7 Å². The predicted molar refractivity (Wildman–Crippen MR) is 110 cm³/mol. The average Bonchev–Trinajstić information content (AvgIpc) is 2.73. The lowest BCUT2D eigenvalue weighted by atomic mass is 10.1. The lowest BCUT2D eigenvalue weighted by Crippen LogP contribution is -2.42. The number of carbonyl (C=O) groups excluding carboxylic acids is 1. The van der Waals surface area contributed by atoms with Crippen molar-refractivity contribution in [1.82, 2.24) is 20.0 Å². The van der Waals surface area contributed by atoms with Crippen LogP contribution >= 0.6 is 0 Å². The Balaban J connectivity index is 1.85. The van der Waals surface area contributed by atoms with E-state index in [1.165, 1.54) is 12.1 Å². The van der Waals surface area contributed by atoms with Gasteiger partial charge in [0.1, 0.15) is 0 Å². The van der Waals surface area contributed by atoms with Gasteiger partial charge < -0.3 is 0 Å². The number of hydrogen-bond donors (Lipinski definition) is 2. The van der Waals surface area contributed by atoms with Crippen LogP contribution in [0.15, 0.2) is 58.2 Å². The third kappa shape index (κ3) is 4.36. The van der Waals surface area contributed by atoms with E-state index in [1.807, 2.05) is 6.92 Å². The van der Waals surface area contributed by atoms with E-state index >= 15 is 0 Å². The fourth-order valence-corrected chi connectivity index (χ4v) is 3.81. The van der Waals surface area contributed by atoms with Crippen molar-refractivity contribution < 1.29 is 13.2 Å². The Kier molecular flexibility index (Phi) is 6.09. The van der Waals surface area contributed by atoms with Gasteiger partial charge >= 0.3 is 0 Å². The predicted octanol–water partition coefficient (Wildman–Crippen LogP) is 1.99. The van der Waals surface area contributed by atoms with Gasteiger partial charge in [-0.15, -0.1) is 4.83 Å². The molecule has 3 rings (SSSR count). The van der Waals surface area contributed by atoms with E-state index in [1.54, 1.807) is 43.3 Å². The van der Waals surface area contributed by atoms with Crippen LogP contribution in [0.4, 0.5) is 0 Å². The van der Waals surface area contributed by atoms with Crippen LogP contribution in [0.25, 0.3) is 10.8 Å². The van der Waals surface area contributed by atoms with Gasteiger partial charge in [0.2, 0.25) is 0 Å². The maximum absolute atomic E-state index is 12.6. The molecule has 29 heavy (non-hydrogen) atoms. The third-order valence-corrected chi connectivity index (χ3v) is 5.72. The number of hydrazine groups is 1. The van der Waals surface area contributed by atoms with E-state index in [0.29, 0.717) is 10.8 Å². The van der Waals surface area contributed by atoms with Crippen molar-refractivity contribution in [1.29, 1.82) is 0 Å². The summed E-state index contributed by atoms with van der Waals surface area (Å²) in [5.41, 5.74) is 2.87. The van der Waals surface area contributed by atoms with Gasteiger partial charge in [-0.2, -0.15) is 5.10 Å². The molecular formula is C20H22N4O4S. The zero-order chi connectivity index (χ0) is 21.0. The molecule has 152 valence electrons. The summed E-state index contributed by atoms with van der Waals surface area (Å²) in [6, 6.07) is 13.0. The summed E-state index contributed by atoms with van der Waals surface area (Å²) in [7, 11) is -3.95. The SMILES string of the molecule is CCCc1ccc(S(=O)(=O)NNC(=O)c2nn(CC)c(=O)c3ccccc23)cc1. The molecule has 1 amide bonds. The Bertz CT molecular complexity index is 1200. The van der Waals surface area contributed by atoms with E-state index in [4.69, 9.17) is 0 Å². The van der Waals surface area contributed by atoms with Crippen LogP contribution in [0.1, 0.15) is 36.3 Å². The van der Waals surface area contributed by atoms with Crippen molar-refractivity contribution >= 4 is 26.7 Å². The van der Waals surface area contributed by atoms with Crippen LogP contribution < -0.4 is 15.8 Å². The Morgan fingerprint density at radius 3 is 2.31 bits per heavy atom. The molecule has 2 aromatic carbocycles. The minimum atomic E-state index is -3.95. The van der Waals surface area contributed by atoms with Gasteiger partial charge in [0.25, 0.3) is 21.5 Å². The first-order valence-electron chi connectivity index (χ1n) is 9.28. The van der Waals surface area contributed by atoms with Crippen molar-refractivity contribution in [2.24, 2.45) is 0 Å². The molecule has 0 unspecified atom stereocenters. The van der Waals surface area contributed by atoms with E-state index < -0.39 is 15.9 Å². The van der Waals surface area contributed by atoms with Crippen molar-refractivity contribution in [2.75, 3.05) is 0 Å². The van der Waals surface area contributed by atoms with Crippen LogP contribution in [0.5, 0.6) is 0 Å². The van der Waals surface area contributed by atoms with Gasteiger partial charge in [-0.3, -0.25) is 15.0 Å². The fraction of sp³-hybridized carbons (Fsp3) is 0.250. The molecule has 0 radical (unpaired) electrons. The van der Waals surface area contributed by atoms with Crippen LogP contribution in [0.3, 0.4) is 0 Å². The molecule has 0 spiro atoms.